The van der Waals surface area contributed by atoms with Gasteiger partial charge in [0.15, 0.2) is 5.78 Å². The first kappa shape index (κ1) is 31.3. The minimum atomic E-state index is -0.898. The van der Waals surface area contributed by atoms with Gasteiger partial charge in [-0.15, -0.1) is 0 Å². The molecule has 2 atom stereocenters. The zero-order valence-electron chi connectivity index (χ0n) is 19.6. The topological polar surface area (TPSA) is 104 Å². The van der Waals surface area contributed by atoms with Crippen molar-refractivity contribution >= 4 is 16.6 Å². The number of hydrogen-bond acceptors (Lipinski definition) is 6. The Morgan fingerprint density at radius 1 is 1.10 bits per heavy atom. The van der Waals surface area contributed by atoms with Crippen molar-refractivity contribution in [2.75, 3.05) is 25.2 Å². The molecule has 6 nitrogen and oxygen atoms in total. The van der Waals surface area contributed by atoms with Crippen molar-refractivity contribution in [3.05, 3.63) is 35.1 Å². The van der Waals surface area contributed by atoms with E-state index in [1.165, 1.54) is 0 Å². The van der Waals surface area contributed by atoms with E-state index in [4.69, 9.17) is 8.78 Å². The number of carbonyl (C=O) groups excluding carboxylic acids is 1. The SMILES string of the molecule is CCO.CS(=O)CC[C@@H](CO)N/C=C1/C=C(C(C)(C)C)C=C(C(C)(C)C)C1=O.[O]=[V]. The molecule has 3 N–H and O–H groups in total. The van der Waals surface area contributed by atoms with E-state index in [1.54, 1.807) is 19.4 Å². The third kappa shape index (κ3) is 12.1. The first-order valence-electron chi connectivity index (χ1n) is 9.93. The number of rotatable bonds is 6. The molecule has 0 saturated carbocycles. The fourth-order valence-electron chi connectivity index (χ4n) is 2.49. The van der Waals surface area contributed by atoms with Crippen molar-refractivity contribution in [1.82, 2.24) is 5.32 Å². The van der Waals surface area contributed by atoms with Crippen LogP contribution in [0.5, 0.6) is 0 Å². The van der Waals surface area contributed by atoms with E-state index < -0.39 is 10.8 Å². The van der Waals surface area contributed by atoms with Gasteiger partial charge in [0.05, 0.1) is 6.61 Å². The molecule has 0 amide bonds. The Kier molecular flexibility index (Phi) is 15.7. The summed E-state index contributed by atoms with van der Waals surface area (Å²) in [5, 5.41) is 20.2. The first-order chi connectivity index (χ1) is 13.8. The van der Waals surface area contributed by atoms with Gasteiger partial charge in [0.1, 0.15) is 0 Å². The van der Waals surface area contributed by atoms with Gasteiger partial charge >= 0.3 is 21.0 Å². The molecule has 0 aromatic rings. The van der Waals surface area contributed by atoms with Crippen LogP contribution in [0.3, 0.4) is 0 Å². The molecular formula is C22H39NO5SV. The van der Waals surface area contributed by atoms with E-state index in [0.717, 1.165) is 28.5 Å². The molecule has 1 aliphatic rings. The van der Waals surface area contributed by atoms with Crippen LogP contribution in [0.15, 0.2) is 35.1 Å². The Hall–Kier alpha value is -0.856. The predicted molar refractivity (Wildman–Crippen MR) is 119 cm³/mol. The number of hydrogen-bond donors (Lipinski definition) is 3. The van der Waals surface area contributed by atoms with E-state index in [0.29, 0.717) is 17.7 Å². The fraction of sp³-hybridized carbons (Fsp3) is 0.682. The summed E-state index contributed by atoms with van der Waals surface area (Å²) >= 11 is 1.06. The molecule has 0 fully saturated rings. The van der Waals surface area contributed by atoms with Crippen LogP contribution in [-0.4, -0.2) is 51.5 Å². The van der Waals surface area contributed by atoms with E-state index in [-0.39, 0.29) is 35.9 Å². The van der Waals surface area contributed by atoms with Gasteiger partial charge in [0, 0.05) is 52.8 Å². The third-order valence-electron chi connectivity index (χ3n) is 4.24. The quantitative estimate of drug-likeness (QED) is 0.505. The molecule has 0 radical (unpaired) electrons. The summed E-state index contributed by atoms with van der Waals surface area (Å²) in [6.07, 6.45) is 7.89. The molecule has 1 rings (SSSR count). The minimum absolute atomic E-state index is 0.0174. The molecule has 0 saturated heterocycles. The Bertz CT molecular complexity index is 657. The van der Waals surface area contributed by atoms with Crippen molar-refractivity contribution in [2.24, 2.45) is 10.8 Å². The molecule has 0 bridgehead atoms. The molecular weight excluding hydrogens is 441 g/mol. The molecule has 0 aliphatic heterocycles. The van der Waals surface area contributed by atoms with Gasteiger partial charge in [-0.25, -0.2) is 0 Å². The molecule has 30 heavy (non-hydrogen) atoms. The zero-order chi connectivity index (χ0) is 24.1. The van der Waals surface area contributed by atoms with Gasteiger partial charge in [-0.05, 0) is 35.8 Å². The maximum absolute atomic E-state index is 12.9. The Labute approximate surface area is 194 Å². The van der Waals surface area contributed by atoms with E-state index in [2.05, 4.69) is 26.1 Å². The van der Waals surface area contributed by atoms with Gasteiger partial charge < -0.3 is 15.5 Å². The summed E-state index contributed by atoms with van der Waals surface area (Å²) in [6, 6.07) is -0.209. The van der Waals surface area contributed by atoms with Gasteiger partial charge in [0.2, 0.25) is 0 Å². The third-order valence-corrected chi connectivity index (χ3v) is 5.05. The number of ketones is 1. The van der Waals surface area contributed by atoms with Crippen LogP contribution < -0.4 is 5.32 Å². The summed E-state index contributed by atoms with van der Waals surface area (Å²) < 4.78 is 19.4. The van der Waals surface area contributed by atoms with E-state index in [9.17, 15) is 14.1 Å². The Morgan fingerprint density at radius 3 is 1.97 bits per heavy atom. The summed E-state index contributed by atoms with van der Waals surface area (Å²) in [6.45, 7) is 14.4. The van der Waals surface area contributed by atoms with Crippen molar-refractivity contribution in [3.63, 3.8) is 0 Å². The van der Waals surface area contributed by atoms with Crippen molar-refractivity contribution in [1.29, 1.82) is 0 Å². The Morgan fingerprint density at radius 2 is 1.60 bits per heavy atom. The second kappa shape index (κ2) is 15.0. The molecule has 173 valence electrons. The molecule has 0 heterocycles. The summed E-state index contributed by atoms with van der Waals surface area (Å²) in [4.78, 5) is 12.9. The molecule has 0 aromatic carbocycles. The van der Waals surface area contributed by atoms with Crippen LogP contribution in [0.1, 0.15) is 54.9 Å². The molecule has 1 aliphatic carbocycles. The van der Waals surface area contributed by atoms with Crippen LogP contribution in [0.2, 0.25) is 0 Å². The molecule has 0 aromatic heterocycles. The van der Waals surface area contributed by atoms with E-state index in [1.807, 2.05) is 32.9 Å². The zero-order valence-corrected chi connectivity index (χ0v) is 21.8. The van der Waals surface area contributed by atoms with Crippen molar-refractivity contribution in [3.8, 4) is 0 Å². The second-order valence-electron chi connectivity index (χ2n) is 9.01. The Balaban J connectivity index is 0. The van der Waals surface area contributed by atoms with Crippen molar-refractivity contribution in [2.45, 2.75) is 60.9 Å². The summed E-state index contributed by atoms with van der Waals surface area (Å²) in [5.41, 5.74) is 2.21. The van der Waals surface area contributed by atoms with Crippen LogP contribution in [0.4, 0.5) is 0 Å². The van der Waals surface area contributed by atoms with Gasteiger partial charge in [-0.1, -0.05) is 47.6 Å². The van der Waals surface area contributed by atoms with E-state index >= 15 is 0 Å². The molecule has 1 unspecified atom stereocenters. The van der Waals surface area contributed by atoms with Crippen LogP contribution in [0, 0.1) is 10.8 Å². The fourth-order valence-corrected chi connectivity index (χ4v) is 3.11. The number of nitrogens with one attached hydrogen (secondary N) is 1. The summed E-state index contributed by atoms with van der Waals surface area (Å²) in [7, 11) is -0.898. The van der Waals surface area contributed by atoms with Crippen molar-refractivity contribution < 1.29 is 40.3 Å². The number of Topliss-reactive ketones (excluding diaryl/α,β-unsaturated/α-hetero) is 1. The van der Waals surface area contributed by atoms with Gasteiger partial charge in [-0.2, -0.15) is 0 Å². The number of allylic oxidation sites excluding steroid dienone is 5. The van der Waals surface area contributed by atoms with Crippen LogP contribution in [-0.2, 0) is 36.6 Å². The second-order valence-corrected chi connectivity index (χ2v) is 10.6. The first-order valence-corrected chi connectivity index (χ1v) is 12.2. The van der Waals surface area contributed by atoms with Crippen LogP contribution in [0.25, 0.3) is 0 Å². The monoisotopic (exact) mass is 480 g/mol. The van der Waals surface area contributed by atoms with Gasteiger partial charge in [0.25, 0.3) is 0 Å². The average molecular weight is 481 g/mol. The molecule has 0 spiro atoms. The average Bonchev–Trinajstić information content (AvgIpc) is 2.63. The maximum atomic E-state index is 12.9. The standard InChI is InChI=1S/C20H33NO3S.C2H6O.O.V/c1-19(2,3)15-10-14(18(23)17(11-15)20(4,5)6)12-21-16(13-22)8-9-25(7)24;1-2-3;;/h10-12,16,21-22H,8-9,13H2,1-7H3;3H,2H2,1H3;;/b14-12-;;;/t16-,25?;;;/m0.../s1. The summed E-state index contributed by atoms with van der Waals surface area (Å²) in [5.74, 6) is 0.537. The predicted octanol–water partition coefficient (Wildman–Crippen LogP) is 2.99. The normalized spacial score (nSPS) is 17.5. The molecule has 8 heteroatoms. The van der Waals surface area contributed by atoms with Gasteiger partial charge in [-0.3, -0.25) is 9.00 Å². The number of carbonyl (C=O) groups is 1. The van der Waals surface area contributed by atoms with Crippen LogP contribution >= 0.6 is 0 Å². The number of aliphatic hydroxyl groups excluding tert-OH is 2. The number of aliphatic hydroxyl groups is 2.